The summed E-state index contributed by atoms with van der Waals surface area (Å²) >= 11 is 0. The molecule has 1 unspecified atom stereocenters. The van der Waals surface area contributed by atoms with Crippen molar-refractivity contribution in [3.05, 3.63) is 65.5 Å². The highest BCUT2D eigenvalue weighted by atomic mass is 32.2. The third-order valence-corrected chi connectivity index (χ3v) is 7.70. The molecule has 1 aliphatic carbocycles. The Morgan fingerprint density at radius 1 is 1.12 bits per heavy atom. The van der Waals surface area contributed by atoms with E-state index < -0.39 is 10.0 Å². The first-order chi connectivity index (χ1) is 12.4. The Morgan fingerprint density at radius 3 is 2.50 bits per heavy atom. The van der Waals surface area contributed by atoms with Crippen molar-refractivity contribution in [2.75, 3.05) is 4.31 Å². The maximum Gasteiger partial charge on any atom is 0.239 e. The molecule has 4 rings (SSSR count). The fourth-order valence-electron chi connectivity index (χ4n) is 4.86. The van der Waals surface area contributed by atoms with E-state index in [0.717, 1.165) is 43.2 Å². The van der Waals surface area contributed by atoms with Crippen LogP contribution in [-0.2, 0) is 15.8 Å². The number of fused-ring (bicyclic) bond motifs is 1. The van der Waals surface area contributed by atoms with Crippen LogP contribution in [0.2, 0.25) is 0 Å². The Balaban J connectivity index is 1.84. The third kappa shape index (κ3) is 2.92. The van der Waals surface area contributed by atoms with Gasteiger partial charge in [0.25, 0.3) is 0 Å². The molecule has 2 aromatic rings. The van der Waals surface area contributed by atoms with Gasteiger partial charge in [-0.2, -0.15) is 0 Å². The van der Waals surface area contributed by atoms with Gasteiger partial charge in [-0.25, -0.2) is 12.8 Å². The summed E-state index contributed by atoms with van der Waals surface area (Å²) in [6.45, 7) is 2.08. The van der Waals surface area contributed by atoms with Gasteiger partial charge < -0.3 is 0 Å². The van der Waals surface area contributed by atoms with Crippen LogP contribution in [0.15, 0.2) is 48.5 Å². The molecule has 2 aromatic carbocycles. The van der Waals surface area contributed by atoms with Crippen molar-refractivity contribution in [2.24, 2.45) is 0 Å². The number of benzene rings is 2. The number of rotatable bonds is 3. The minimum absolute atomic E-state index is 0.0270. The molecule has 1 fully saturated rings. The van der Waals surface area contributed by atoms with E-state index in [2.05, 4.69) is 6.92 Å². The van der Waals surface area contributed by atoms with Crippen LogP contribution in [0.4, 0.5) is 10.1 Å². The van der Waals surface area contributed by atoms with Gasteiger partial charge in [0, 0.05) is 0 Å². The minimum Gasteiger partial charge on any atom is -0.264 e. The highest BCUT2D eigenvalue weighted by Gasteiger charge is 2.50. The van der Waals surface area contributed by atoms with Gasteiger partial charge in [0.1, 0.15) is 5.82 Å². The predicted octanol–water partition coefficient (Wildman–Crippen LogP) is 4.98. The van der Waals surface area contributed by atoms with Crippen molar-refractivity contribution in [3.8, 4) is 0 Å². The Hall–Kier alpha value is -1.88. The highest BCUT2D eigenvalue weighted by molar-refractivity contribution is 7.92. The largest absolute Gasteiger partial charge is 0.264 e. The lowest BCUT2D eigenvalue weighted by atomic mass is 9.78. The number of sulfonamides is 1. The first-order valence-corrected chi connectivity index (χ1v) is 10.9. The number of hydrogen-bond acceptors (Lipinski definition) is 2. The predicted molar refractivity (Wildman–Crippen MR) is 102 cm³/mol. The second kappa shape index (κ2) is 6.38. The van der Waals surface area contributed by atoms with Crippen LogP contribution in [0.1, 0.15) is 56.1 Å². The van der Waals surface area contributed by atoms with Crippen LogP contribution in [0.5, 0.6) is 0 Å². The maximum absolute atomic E-state index is 13.8. The zero-order chi connectivity index (χ0) is 18.4. The van der Waals surface area contributed by atoms with E-state index in [4.69, 9.17) is 0 Å². The molecule has 0 aromatic heterocycles. The van der Waals surface area contributed by atoms with E-state index in [1.807, 2.05) is 30.3 Å². The van der Waals surface area contributed by atoms with Gasteiger partial charge in [-0.1, -0.05) is 50.1 Å². The maximum atomic E-state index is 13.8. The number of halogens is 1. The van der Waals surface area contributed by atoms with E-state index >= 15 is 0 Å². The average Bonchev–Trinajstić information content (AvgIpc) is 3.04. The number of nitrogens with zero attached hydrogens (tertiary/aromatic N) is 1. The molecule has 1 atom stereocenters. The molecule has 0 saturated heterocycles. The van der Waals surface area contributed by atoms with Gasteiger partial charge in [0.05, 0.1) is 17.0 Å². The lowest BCUT2D eigenvalue weighted by molar-refractivity contribution is 0.359. The molecule has 0 amide bonds. The van der Waals surface area contributed by atoms with Crippen LogP contribution < -0.4 is 4.31 Å². The number of hydrogen-bond donors (Lipinski definition) is 0. The van der Waals surface area contributed by atoms with Crippen LogP contribution in [-0.4, -0.2) is 14.0 Å². The van der Waals surface area contributed by atoms with Gasteiger partial charge in [-0.15, -0.1) is 0 Å². The summed E-state index contributed by atoms with van der Waals surface area (Å²) < 4.78 is 42.5. The van der Waals surface area contributed by atoms with Crippen molar-refractivity contribution in [1.82, 2.24) is 0 Å². The molecule has 1 saturated carbocycles. The van der Waals surface area contributed by atoms with E-state index in [1.165, 1.54) is 12.1 Å². The molecule has 1 spiro atoms. The molecule has 3 nitrogen and oxygen atoms in total. The van der Waals surface area contributed by atoms with Gasteiger partial charge >= 0.3 is 0 Å². The first kappa shape index (κ1) is 17.5. The quantitative estimate of drug-likeness (QED) is 0.761. The molecular weight excluding hydrogens is 349 g/mol. The topological polar surface area (TPSA) is 37.4 Å². The molecule has 138 valence electrons. The van der Waals surface area contributed by atoms with Crippen molar-refractivity contribution in [2.45, 2.75) is 56.2 Å². The van der Waals surface area contributed by atoms with Gasteiger partial charge in [0.15, 0.2) is 0 Å². The monoisotopic (exact) mass is 373 g/mol. The van der Waals surface area contributed by atoms with E-state index in [0.29, 0.717) is 5.69 Å². The smallest absolute Gasteiger partial charge is 0.239 e. The van der Waals surface area contributed by atoms with Crippen molar-refractivity contribution >= 4 is 15.7 Å². The molecule has 2 aliphatic rings. The van der Waals surface area contributed by atoms with Crippen molar-refractivity contribution in [1.29, 1.82) is 0 Å². The molecule has 26 heavy (non-hydrogen) atoms. The summed E-state index contributed by atoms with van der Waals surface area (Å²) in [5, 5.41) is 0. The van der Waals surface area contributed by atoms with E-state index in [-0.39, 0.29) is 23.0 Å². The highest BCUT2D eigenvalue weighted by Crippen LogP contribution is 2.52. The molecule has 5 heteroatoms. The minimum atomic E-state index is -3.57. The number of anilines is 1. The summed E-state index contributed by atoms with van der Waals surface area (Å²) in [6.07, 6.45) is 4.60. The van der Waals surface area contributed by atoms with Crippen LogP contribution in [0, 0.1) is 5.82 Å². The van der Waals surface area contributed by atoms with Crippen LogP contribution in [0.3, 0.4) is 0 Å². The molecule has 0 bridgehead atoms. The Labute approximate surface area is 154 Å². The van der Waals surface area contributed by atoms with Crippen molar-refractivity contribution < 1.29 is 12.8 Å². The Bertz CT molecular complexity index is 905. The molecule has 0 N–H and O–H groups in total. The fourth-order valence-corrected chi connectivity index (χ4v) is 6.91. The Morgan fingerprint density at radius 2 is 1.81 bits per heavy atom. The SMILES string of the molecule is CC1CC2(CCCC2)N(S(=O)(=O)Cc2ccccc2)c2ccc(F)cc21. The average molecular weight is 373 g/mol. The molecule has 1 aliphatic heterocycles. The second-order valence-electron chi connectivity index (χ2n) is 7.75. The summed E-state index contributed by atoms with van der Waals surface area (Å²) in [7, 11) is -3.57. The summed E-state index contributed by atoms with van der Waals surface area (Å²) in [4.78, 5) is 0. The fraction of sp³-hybridized carbons (Fsp3) is 0.429. The molecule has 1 heterocycles. The van der Waals surface area contributed by atoms with Crippen LogP contribution >= 0.6 is 0 Å². The second-order valence-corrected chi connectivity index (χ2v) is 9.56. The zero-order valence-corrected chi connectivity index (χ0v) is 15.8. The van der Waals surface area contributed by atoms with Gasteiger partial charge in [-0.3, -0.25) is 4.31 Å². The normalized spacial score (nSPS) is 21.8. The van der Waals surface area contributed by atoms with Gasteiger partial charge in [-0.05, 0) is 54.5 Å². The zero-order valence-electron chi connectivity index (χ0n) is 15.0. The van der Waals surface area contributed by atoms with Gasteiger partial charge in [0.2, 0.25) is 10.0 Å². The Kier molecular flexibility index (Phi) is 4.30. The summed E-state index contributed by atoms with van der Waals surface area (Å²) in [5.74, 6) is -0.179. The molecular formula is C21H24FNO2S. The first-order valence-electron chi connectivity index (χ1n) is 9.28. The lowest BCUT2D eigenvalue weighted by Crippen LogP contribution is -2.54. The third-order valence-electron chi connectivity index (χ3n) is 5.86. The van der Waals surface area contributed by atoms with E-state index in [1.54, 1.807) is 10.4 Å². The van der Waals surface area contributed by atoms with Crippen LogP contribution in [0.25, 0.3) is 0 Å². The summed E-state index contributed by atoms with van der Waals surface area (Å²) in [5.41, 5.74) is 1.89. The summed E-state index contributed by atoms with van der Waals surface area (Å²) in [6, 6.07) is 13.8. The van der Waals surface area contributed by atoms with Crippen molar-refractivity contribution in [3.63, 3.8) is 0 Å². The van der Waals surface area contributed by atoms with E-state index in [9.17, 15) is 12.8 Å². The molecule has 0 radical (unpaired) electrons. The lowest BCUT2D eigenvalue weighted by Gasteiger charge is -2.48. The standard InChI is InChI=1S/C21H24FNO2S/c1-16-14-21(11-5-6-12-21)23(20-10-9-18(22)13-19(16)20)26(24,25)15-17-7-3-2-4-8-17/h2-4,7-10,13,16H,5-6,11-12,14-15H2,1H3.